The van der Waals surface area contributed by atoms with Crippen molar-refractivity contribution in [3.05, 3.63) is 75.6 Å². The molecule has 0 aromatic heterocycles. The number of halogens is 1. The molecule has 2 rings (SSSR count). The largest absolute Gasteiger partial charge is 0.449 e. The molecule has 0 heterocycles. The SMILES string of the molecule is CC(OC(=O)c1ccc([N+](=O)[O-])c(F)c1)C(=O)NCc1ccccc1. The van der Waals surface area contributed by atoms with Crippen molar-refractivity contribution in [2.75, 3.05) is 0 Å². The van der Waals surface area contributed by atoms with E-state index in [4.69, 9.17) is 4.74 Å². The van der Waals surface area contributed by atoms with Crippen LogP contribution in [-0.2, 0) is 16.1 Å². The Balaban J connectivity index is 1.94. The lowest BCUT2D eigenvalue weighted by Gasteiger charge is -2.13. The normalized spacial score (nSPS) is 11.4. The molecule has 7 nitrogen and oxygen atoms in total. The minimum Gasteiger partial charge on any atom is -0.449 e. The molecule has 130 valence electrons. The van der Waals surface area contributed by atoms with Crippen LogP contribution in [0.4, 0.5) is 10.1 Å². The highest BCUT2D eigenvalue weighted by Crippen LogP contribution is 2.18. The van der Waals surface area contributed by atoms with Crippen LogP contribution in [0.15, 0.2) is 48.5 Å². The maximum Gasteiger partial charge on any atom is 0.339 e. The second-order valence-corrected chi connectivity index (χ2v) is 5.17. The van der Waals surface area contributed by atoms with Crippen LogP contribution >= 0.6 is 0 Å². The number of benzene rings is 2. The number of esters is 1. The summed E-state index contributed by atoms with van der Waals surface area (Å²) in [4.78, 5) is 33.5. The predicted molar refractivity (Wildman–Crippen MR) is 86.2 cm³/mol. The first-order valence-corrected chi connectivity index (χ1v) is 7.35. The van der Waals surface area contributed by atoms with Gasteiger partial charge in [0.1, 0.15) is 0 Å². The smallest absolute Gasteiger partial charge is 0.339 e. The fourth-order valence-electron chi connectivity index (χ4n) is 1.99. The Hall–Kier alpha value is -3.29. The Kier molecular flexibility index (Phi) is 5.78. The first-order chi connectivity index (χ1) is 11.9. The van der Waals surface area contributed by atoms with Crippen LogP contribution in [0.3, 0.4) is 0 Å². The van der Waals surface area contributed by atoms with Crippen molar-refractivity contribution in [3.8, 4) is 0 Å². The maximum absolute atomic E-state index is 13.5. The van der Waals surface area contributed by atoms with Gasteiger partial charge in [-0.05, 0) is 24.6 Å². The van der Waals surface area contributed by atoms with Crippen molar-refractivity contribution in [2.24, 2.45) is 0 Å². The van der Waals surface area contributed by atoms with Gasteiger partial charge in [-0.15, -0.1) is 0 Å². The first-order valence-electron chi connectivity index (χ1n) is 7.35. The van der Waals surface area contributed by atoms with Crippen molar-refractivity contribution in [1.29, 1.82) is 0 Å². The van der Waals surface area contributed by atoms with E-state index in [2.05, 4.69) is 5.32 Å². The molecule has 1 N–H and O–H groups in total. The van der Waals surface area contributed by atoms with Crippen LogP contribution in [0, 0.1) is 15.9 Å². The average Bonchev–Trinajstić information content (AvgIpc) is 2.59. The van der Waals surface area contributed by atoms with Gasteiger partial charge >= 0.3 is 11.7 Å². The Morgan fingerprint density at radius 1 is 1.24 bits per heavy atom. The van der Waals surface area contributed by atoms with Crippen LogP contribution in [0.25, 0.3) is 0 Å². The van der Waals surface area contributed by atoms with Crippen LogP contribution in [0.5, 0.6) is 0 Å². The fourth-order valence-corrected chi connectivity index (χ4v) is 1.99. The summed E-state index contributed by atoms with van der Waals surface area (Å²) >= 11 is 0. The van der Waals surface area contributed by atoms with E-state index in [0.29, 0.717) is 6.07 Å². The third-order valence-corrected chi connectivity index (χ3v) is 3.34. The number of nitro groups is 1. The standard InChI is InChI=1S/C17H15FN2O5/c1-11(16(21)19-10-12-5-3-2-4-6-12)25-17(22)13-7-8-15(20(23)24)14(18)9-13/h2-9,11H,10H2,1H3,(H,19,21). The molecule has 2 aromatic rings. The number of rotatable bonds is 6. The summed E-state index contributed by atoms with van der Waals surface area (Å²) in [5, 5.41) is 13.2. The van der Waals surface area contributed by atoms with Crippen molar-refractivity contribution in [3.63, 3.8) is 0 Å². The molecule has 0 spiro atoms. The van der Waals surface area contributed by atoms with E-state index in [1.54, 1.807) is 0 Å². The summed E-state index contributed by atoms with van der Waals surface area (Å²) in [6, 6.07) is 11.8. The molecule has 0 fully saturated rings. The van der Waals surface area contributed by atoms with Crippen LogP contribution in [0.1, 0.15) is 22.8 Å². The summed E-state index contributed by atoms with van der Waals surface area (Å²) in [5.74, 6) is -2.61. The summed E-state index contributed by atoms with van der Waals surface area (Å²) in [6.07, 6.45) is -1.10. The van der Waals surface area contributed by atoms with Crippen LogP contribution in [0.2, 0.25) is 0 Å². The second kappa shape index (κ2) is 8.00. The zero-order valence-electron chi connectivity index (χ0n) is 13.3. The zero-order valence-corrected chi connectivity index (χ0v) is 13.3. The molecule has 1 amide bonds. The number of nitrogens with one attached hydrogen (secondary N) is 1. The third-order valence-electron chi connectivity index (χ3n) is 3.34. The molecule has 0 radical (unpaired) electrons. The van der Waals surface area contributed by atoms with E-state index in [-0.39, 0.29) is 12.1 Å². The van der Waals surface area contributed by atoms with Crippen molar-refractivity contribution in [2.45, 2.75) is 19.6 Å². The molecule has 0 aliphatic carbocycles. The van der Waals surface area contributed by atoms with Crippen molar-refractivity contribution >= 4 is 17.6 Å². The monoisotopic (exact) mass is 346 g/mol. The van der Waals surface area contributed by atoms with Crippen molar-refractivity contribution in [1.82, 2.24) is 5.32 Å². The molecule has 1 unspecified atom stereocenters. The lowest BCUT2D eigenvalue weighted by atomic mass is 10.2. The number of hydrogen-bond acceptors (Lipinski definition) is 5. The number of amides is 1. The number of hydrogen-bond donors (Lipinski definition) is 1. The van der Waals surface area contributed by atoms with Crippen molar-refractivity contribution < 1.29 is 23.6 Å². The summed E-state index contributed by atoms with van der Waals surface area (Å²) in [7, 11) is 0. The Morgan fingerprint density at radius 3 is 2.52 bits per heavy atom. The molecular weight excluding hydrogens is 331 g/mol. The fraction of sp³-hybridized carbons (Fsp3) is 0.176. The molecule has 2 aromatic carbocycles. The highest BCUT2D eigenvalue weighted by molar-refractivity contribution is 5.92. The van der Waals surface area contributed by atoms with Gasteiger partial charge in [0.2, 0.25) is 5.82 Å². The summed E-state index contributed by atoms with van der Waals surface area (Å²) in [5.41, 5.74) is -0.0807. The van der Waals surface area contributed by atoms with E-state index in [1.165, 1.54) is 6.92 Å². The molecular formula is C17H15FN2O5. The van der Waals surface area contributed by atoms with Gasteiger partial charge in [0.15, 0.2) is 6.10 Å². The van der Waals surface area contributed by atoms with Gasteiger partial charge in [-0.2, -0.15) is 4.39 Å². The number of carbonyl (C=O) groups excluding carboxylic acids is 2. The second-order valence-electron chi connectivity index (χ2n) is 5.17. The van der Waals surface area contributed by atoms with E-state index in [0.717, 1.165) is 17.7 Å². The van der Waals surface area contributed by atoms with Crippen LogP contribution in [-0.4, -0.2) is 22.9 Å². The summed E-state index contributed by atoms with van der Waals surface area (Å²) < 4.78 is 18.5. The Bertz CT molecular complexity index is 795. The Labute approximate surface area is 142 Å². The molecule has 0 aliphatic rings. The van der Waals surface area contributed by atoms with E-state index < -0.39 is 34.4 Å². The average molecular weight is 346 g/mol. The third kappa shape index (κ3) is 4.84. The van der Waals surface area contributed by atoms with E-state index in [1.807, 2.05) is 30.3 Å². The Morgan fingerprint density at radius 2 is 1.92 bits per heavy atom. The molecule has 0 bridgehead atoms. The van der Waals surface area contributed by atoms with Gasteiger partial charge in [0.05, 0.1) is 10.5 Å². The minimum atomic E-state index is -1.15. The van der Waals surface area contributed by atoms with Gasteiger partial charge in [0.25, 0.3) is 5.91 Å². The number of carbonyl (C=O) groups is 2. The van der Waals surface area contributed by atoms with Gasteiger partial charge in [-0.25, -0.2) is 4.79 Å². The molecule has 0 aliphatic heterocycles. The van der Waals surface area contributed by atoms with Crippen LogP contribution < -0.4 is 5.32 Å². The highest BCUT2D eigenvalue weighted by atomic mass is 19.1. The predicted octanol–water partition coefficient (Wildman–Crippen LogP) is 2.60. The van der Waals surface area contributed by atoms with Gasteiger partial charge in [-0.1, -0.05) is 30.3 Å². The topological polar surface area (TPSA) is 98.5 Å². The lowest BCUT2D eigenvalue weighted by Crippen LogP contribution is -2.35. The number of nitrogens with zero attached hydrogens (tertiary/aromatic N) is 1. The minimum absolute atomic E-state index is 0.217. The van der Waals surface area contributed by atoms with Gasteiger partial charge in [0, 0.05) is 12.6 Å². The lowest BCUT2D eigenvalue weighted by molar-refractivity contribution is -0.387. The number of ether oxygens (including phenoxy) is 1. The highest BCUT2D eigenvalue weighted by Gasteiger charge is 2.21. The van der Waals surface area contributed by atoms with Gasteiger partial charge < -0.3 is 10.1 Å². The summed E-state index contributed by atoms with van der Waals surface area (Å²) in [6.45, 7) is 1.65. The maximum atomic E-state index is 13.5. The molecule has 1 atom stereocenters. The first kappa shape index (κ1) is 18.1. The zero-order chi connectivity index (χ0) is 18.4. The molecule has 0 saturated heterocycles. The number of nitro benzene ring substituents is 1. The quantitative estimate of drug-likeness (QED) is 0.492. The molecule has 0 saturated carbocycles. The molecule has 25 heavy (non-hydrogen) atoms. The van der Waals surface area contributed by atoms with E-state index in [9.17, 15) is 24.1 Å². The van der Waals surface area contributed by atoms with Gasteiger partial charge in [-0.3, -0.25) is 14.9 Å². The molecule has 8 heteroatoms. The van der Waals surface area contributed by atoms with E-state index >= 15 is 0 Å².